The predicted octanol–water partition coefficient (Wildman–Crippen LogP) is 3.39. The highest BCUT2D eigenvalue weighted by molar-refractivity contribution is 5.71. The van der Waals surface area contributed by atoms with E-state index in [-0.39, 0.29) is 5.56 Å². The van der Waals surface area contributed by atoms with Crippen LogP contribution in [-0.4, -0.2) is 39.8 Å². The van der Waals surface area contributed by atoms with Crippen molar-refractivity contribution < 1.29 is 9.94 Å². The zero-order valence-corrected chi connectivity index (χ0v) is 16.2. The molecule has 0 bridgehead atoms. The van der Waals surface area contributed by atoms with E-state index in [2.05, 4.69) is 0 Å². The summed E-state index contributed by atoms with van der Waals surface area (Å²) in [5.74, 6) is 0.560. The Morgan fingerprint density at radius 2 is 1.52 bits per heavy atom. The largest absolute Gasteiger partial charge is 0.481 e. The van der Waals surface area contributed by atoms with Crippen LogP contribution in [0, 0.1) is 6.92 Å². The average Bonchev–Trinajstić information content (AvgIpc) is 2.78. The highest BCUT2D eigenvalue weighted by atomic mass is 16.5. The lowest BCUT2D eigenvalue weighted by Crippen LogP contribution is -2.25. The fourth-order valence-corrected chi connectivity index (χ4v) is 2.84. The molecule has 25 heavy (non-hydrogen) atoms. The third-order valence-electron chi connectivity index (χ3n) is 3.94. The molecule has 1 aromatic carbocycles. The zero-order valence-electron chi connectivity index (χ0n) is 16.2. The van der Waals surface area contributed by atoms with Crippen molar-refractivity contribution in [2.45, 2.75) is 47.7 Å². The molecule has 0 saturated carbocycles. The molecule has 1 aromatic heterocycles. The number of fused-ring (bicyclic) bond motifs is 1. The maximum atomic E-state index is 12.8. The van der Waals surface area contributed by atoms with Gasteiger partial charge in [-0.15, -0.1) is 0 Å². The SMILES string of the molecule is CC.CC.COc1c(-c2ccccc2C)c(=O)n2n1CCN(O)CC2. The highest BCUT2D eigenvalue weighted by Gasteiger charge is 2.25. The molecular weight excluding hydrogens is 318 g/mol. The number of methoxy groups -OCH3 is 1. The fourth-order valence-electron chi connectivity index (χ4n) is 2.84. The maximum Gasteiger partial charge on any atom is 0.278 e. The molecule has 140 valence electrons. The number of aromatic nitrogens is 2. The monoisotopic (exact) mass is 349 g/mol. The van der Waals surface area contributed by atoms with Gasteiger partial charge in [-0.05, 0) is 18.1 Å². The van der Waals surface area contributed by atoms with Crippen LogP contribution < -0.4 is 10.3 Å². The van der Waals surface area contributed by atoms with E-state index in [1.807, 2.05) is 63.6 Å². The van der Waals surface area contributed by atoms with E-state index < -0.39 is 0 Å². The number of hydroxylamine groups is 2. The molecule has 2 aromatic rings. The second-order valence-electron chi connectivity index (χ2n) is 5.20. The molecule has 6 nitrogen and oxygen atoms in total. The van der Waals surface area contributed by atoms with Gasteiger partial charge in [0.2, 0.25) is 5.88 Å². The van der Waals surface area contributed by atoms with E-state index in [0.29, 0.717) is 37.6 Å². The van der Waals surface area contributed by atoms with Crippen molar-refractivity contribution in [3.8, 4) is 17.0 Å². The molecule has 2 heterocycles. The summed E-state index contributed by atoms with van der Waals surface area (Å²) in [4.78, 5) is 12.8. The Hall–Kier alpha value is -2.05. The Morgan fingerprint density at radius 1 is 0.960 bits per heavy atom. The van der Waals surface area contributed by atoms with Gasteiger partial charge in [-0.3, -0.25) is 4.79 Å². The second-order valence-corrected chi connectivity index (χ2v) is 5.20. The van der Waals surface area contributed by atoms with Gasteiger partial charge in [-0.25, -0.2) is 9.36 Å². The normalized spacial score (nSPS) is 13.6. The molecule has 0 unspecified atom stereocenters. The van der Waals surface area contributed by atoms with Gasteiger partial charge in [0.15, 0.2) is 0 Å². The number of hydrogen-bond acceptors (Lipinski definition) is 4. The van der Waals surface area contributed by atoms with Gasteiger partial charge in [0.25, 0.3) is 5.56 Å². The summed E-state index contributed by atoms with van der Waals surface area (Å²) >= 11 is 0. The standard InChI is InChI=1S/C15H19N3O3.2C2H6/c1-11-5-3-4-6-12(11)13-14(19)17-9-7-16(20)8-10-18(17)15(13)21-2;2*1-2/h3-6,20H,7-10H2,1-2H3;2*1-2H3. The Kier molecular flexibility index (Phi) is 8.45. The first-order valence-electron chi connectivity index (χ1n) is 9.01. The first-order valence-corrected chi connectivity index (χ1v) is 9.01. The van der Waals surface area contributed by atoms with Crippen molar-refractivity contribution in [3.05, 3.63) is 40.2 Å². The van der Waals surface area contributed by atoms with Crippen LogP contribution in [0.2, 0.25) is 0 Å². The number of aryl methyl sites for hydroxylation is 1. The molecule has 0 atom stereocenters. The van der Waals surface area contributed by atoms with E-state index in [0.717, 1.165) is 11.1 Å². The van der Waals surface area contributed by atoms with Crippen LogP contribution in [0.1, 0.15) is 33.3 Å². The van der Waals surface area contributed by atoms with Gasteiger partial charge in [0, 0.05) is 13.1 Å². The number of hydrogen-bond donors (Lipinski definition) is 1. The smallest absolute Gasteiger partial charge is 0.278 e. The van der Waals surface area contributed by atoms with E-state index in [4.69, 9.17) is 4.74 Å². The third-order valence-corrected chi connectivity index (χ3v) is 3.94. The summed E-state index contributed by atoms with van der Waals surface area (Å²) in [6, 6.07) is 7.79. The Morgan fingerprint density at radius 3 is 2.08 bits per heavy atom. The van der Waals surface area contributed by atoms with Gasteiger partial charge >= 0.3 is 0 Å². The summed E-state index contributed by atoms with van der Waals surface area (Å²) in [6.45, 7) is 11.8. The molecule has 0 aliphatic carbocycles. The van der Waals surface area contributed by atoms with Crippen LogP contribution in [-0.2, 0) is 13.1 Å². The number of rotatable bonds is 2. The fraction of sp³-hybridized carbons (Fsp3) is 0.526. The predicted molar refractivity (Wildman–Crippen MR) is 101 cm³/mol. The van der Waals surface area contributed by atoms with Crippen LogP contribution in [0.25, 0.3) is 11.1 Å². The molecular formula is C19H31N3O3. The topological polar surface area (TPSA) is 59.6 Å². The van der Waals surface area contributed by atoms with Gasteiger partial charge in [0.1, 0.15) is 5.56 Å². The van der Waals surface area contributed by atoms with Gasteiger partial charge < -0.3 is 9.94 Å². The average molecular weight is 349 g/mol. The van der Waals surface area contributed by atoms with Gasteiger partial charge in [-0.2, -0.15) is 5.06 Å². The lowest BCUT2D eigenvalue weighted by molar-refractivity contribution is -0.0895. The van der Waals surface area contributed by atoms with Gasteiger partial charge in [-0.1, -0.05) is 52.0 Å². The quantitative estimate of drug-likeness (QED) is 0.903. The zero-order chi connectivity index (χ0) is 19.0. The molecule has 3 rings (SSSR count). The number of ether oxygens (including phenoxy) is 1. The summed E-state index contributed by atoms with van der Waals surface area (Å²) < 4.78 is 8.98. The molecule has 1 N–H and O–H groups in total. The number of nitrogens with zero attached hydrogens (tertiary/aromatic N) is 3. The van der Waals surface area contributed by atoms with E-state index in [1.54, 1.807) is 11.8 Å². The molecule has 1 aliphatic heterocycles. The minimum absolute atomic E-state index is 0.0727. The summed E-state index contributed by atoms with van der Waals surface area (Å²) in [6.07, 6.45) is 0. The minimum Gasteiger partial charge on any atom is -0.481 e. The van der Waals surface area contributed by atoms with Crippen molar-refractivity contribution >= 4 is 0 Å². The Labute approximate surface area is 150 Å². The van der Waals surface area contributed by atoms with E-state index in [1.165, 1.54) is 5.06 Å². The molecule has 1 aliphatic rings. The van der Waals surface area contributed by atoms with Crippen LogP contribution in [0.15, 0.2) is 29.1 Å². The van der Waals surface area contributed by atoms with Crippen molar-refractivity contribution in [1.82, 2.24) is 14.4 Å². The van der Waals surface area contributed by atoms with E-state index >= 15 is 0 Å². The first-order chi connectivity index (χ1) is 12.1. The maximum absolute atomic E-state index is 12.8. The molecule has 6 heteroatoms. The molecule has 0 spiro atoms. The van der Waals surface area contributed by atoms with Crippen molar-refractivity contribution in [1.29, 1.82) is 0 Å². The summed E-state index contributed by atoms with van der Waals surface area (Å²) in [5.41, 5.74) is 2.46. The van der Waals surface area contributed by atoms with Crippen molar-refractivity contribution in [3.63, 3.8) is 0 Å². The van der Waals surface area contributed by atoms with Crippen molar-refractivity contribution in [2.75, 3.05) is 20.2 Å². The summed E-state index contributed by atoms with van der Waals surface area (Å²) in [5, 5.41) is 10.9. The van der Waals surface area contributed by atoms with Crippen LogP contribution in [0.5, 0.6) is 5.88 Å². The van der Waals surface area contributed by atoms with Crippen LogP contribution in [0.4, 0.5) is 0 Å². The Balaban J connectivity index is 0.000000730. The molecule has 0 saturated heterocycles. The molecule has 0 radical (unpaired) electrons. The lowest BCUT2D eigenvalue weighted by Gasteiger charge is -2.11. The Bertz CT molecular complexity index is 719. The van der Waals surface area contributed by atoms with Crippen LogP contribution >= 0.6 is 0 Å². The third kappa shape index (κ3) is 4.32. The van der Waals surface area contributed by atoms with Gasteiger partial charge in [0.05, 0.1) is 20.2 Å². The second kappa shape index (κ2) is 10.1. The summed E-state index contributed by atoms with van der Waals surface area (Å²) in [7, 11) is 1.58. The highest BCUT2D eigenvalue weighted by Crippen LogP contribution is 2.30. The minimum atomic E-state index is -0.0727. The first kappa shape index (κ1) is 21.0. The van der Waals surface area contributed by atoms with Crippen molar-refractivity contribution in [2.24, 2.45) is 0 Å². The molecule has 0 fully saturated rings. The van der Waals surface area contributed by atoms with E-state index in [9.17, 15) is 10.0 Å². The molecule has 0 amide bonds. The number of benzene rings is 1. The lowest BCUT2D eigenvalue weighted by atomic mass is 10.0. The van der Waals surface area contributed by atoms with Crippen LogP contribution in [0.3, 0.4) is 0 Å².